The van der Waals surface area contributed by atoms with Gasteiger partial charge in [0.05, 0.1) is 5.39 Å². The van der Waals surface area contributed by atoms with Crippen molar-refractivity contribution in [1.82, 2.24) is 14.5 Å². The number of rotatable bonds is 5. The summed E-state index contributed by atoms with van der Waals surface area (Å²) < 4.78 is 15.7. The second-order valence-electron chi connectivity index (χ2n) is 7.05. The largest absolute Gasteiger partial charge is 0.301 e. The second-order valence-corrected chi connectivity index (χ2v) is 8.45. The second kappa shape index (κ2) is 8.53. The lowest BCUT2D eigenvalue weighted by Crippen LogP contribution is -1.95. The van der Waals surface area contributed by atoms with Gasteiger partial charge in [-0.1, -0.05) is 54.1 Å². The average molecular weight is 446 g/mol. The zero-order valence-electron chi connectivity index (χ0n) is 16.4. The van der Waals surface area contributed by atoms with E-state index in [1.807, 2.05) is 48.5 Å². The topological polar surface area (TPSA) is 30.7 Å². The minimum absolute atomic E-state index is 0.232. The summed E-state index contributed by atoms with van der Waals surface area (Å²) in [5.41, 5.74) is 4.83. The van der Waals surface area contributed by atoms with E-state index in [-0.39, 0.29) is 5.82 Å². The Morgan fingerprint density at radius 1 is 0.903 bits per heavy atom. The van der Waals surface area contributed by atoms with Gasteiger partial charge < -0.3 is 4.57 Å². The summed E-state index contributed by atoms with van der Waals surface area (Å²) in [5, 5.41) is 2.52. The fraction of sp³-hybridized carbons (Fsp3) is 0.0400. The van der Waals surface area contributed by atoms with Gasteiger partial charge in [0.25, 0.3) is 0 Å². The van der Waals surface area contributed by atoms with Crippen molar-refractivity contribution in [1.29, 1.82) is 0 Å². The molecule has 0 unspecified atom stereocenters. The molecular weight excluding hydrogens is 429 g/mol. The number of hydrogen-bond donors (Lipinski definition) is 0. The van der Waals surface area contributed by atoms with Crippen molar-refractivity contribution in [3.05, 3.63) is 108 Å². The molecule has 0 aliphatic rings. The van der Waals surface area contributed by atoms with Crippen molar-refractivity contribution < 1.29 is 4.39 Å². The molecule has 5 rings (SSSR count). The van der Waals surface area contributed by atoms with E-state index < -0.39 is 0 Å². The van der Waals surface area contributed by atoms with E-state index in [0.29, 0.717) is 10.8 Å². The Balaban J connectivity index is 1.65. The maximum Gasteiger partial charge on any atom is 0.149 e. The van der Waals surface area contributed by atoms with Crippen LogP contribution in [0.2, 0.25) is 5.02 Å². The Kier molecular flexibility index (Phi) is 5.45. The Bertz CT molecular complexity index is 1350. The minimum atomic E-state index is -0.232. The summed E-state index contributed by atoms with van der Waals surface area (Å²) in [7, 11) is 0. The zero-order valence-corrected chi connectivity index (χ0v) is 17.9. The number of aromatic nitrogens is 3. The SMILES string of the molecule is Fc1cccc(CSc2ncnc3c2c(-c2ccccc2)cn3-c2ccc(Cl)cc2)c1. The molecule has 31 heavy (non-hydrogen) atoms. The molecule has 6 heteroatoms. The zero-order chi connectivity index (χ0) is 21.2. The predicted octanol–water partition coefficient (Wildman–Crippen LogP) is 7.17. The first-order chi connectivity index (χ1) is 15.2. The Hall–Kier alpha value is -3.15. The molecule has 0 saturated carbocycles. The smallest absolute Gasteiger partial charge is 0.149 e. The van der Waals surface area contributed by atoms with Crippen molar-refractivity contribution in [2.45, 2.75) is 10.8 Å². The van der Waals surface area contributed by atoms with E-state index in [0.717, 1.165) is 38.4 Å². The van der Waals surface area contributed by atoms with Crippen LogP contribution in [-0.4, -0.2) is 14.5 Å². The van der Waals surface area contributed by atoms with Crippen LogP contribution in [-0.2, 0) is 5.75 Å². The summed E-state index contributed by atoms with van der Waals surface area (Å²) >= 11 is 7.67. The number of hydrogen-bond acceptors (Lipinski definition) is 3. The highest BCUT2D eigenvalue weighted by Gasteiger charge is 2.17. The fourth-order valence-electron chi connectivity index (χ4n) is 3.56. The Morgan fingerprint density at radius 2 is 1.71 bits per heavy atom. The highest BCUT2D eigenvalue weighted by Crippen LogP contribution is 2.37. The van der Waals surface area contributed by atoms with Gasteiger partial charge >= 0.3 is 0 Å². The van der Waals surface area contributed by atoms with Gasteiger partial charge in [-0.2, -0.15) is 0 Å². The van der Waals surface area contributed by atoms with Crippen LogP contribution in [0, 0.1) is 5.82 Å². The molecule has 0 bridgehead atoms. The summed E-state index contributed by atoms with van der Waals surface area (Å²) in [6.07, 6.45) is 3.67. The van der Waals surface area contributed by atoms with E-state index in [2.05, 4.69) is 32.9 Å². The van der Waals surface area contributed by atoms with Gasteiger partial charge in [0.2, 0.25) is 0 Å². The van der Waals surface area contributed by atoms with Crippen molar-refractivity contribution in [2.75, 3.05) is 0 Å². The van der Waals surface area contributed by atoms with Crippen LogP contribution in [0.5, 0.6) is 0 Å². The molecule has 3 nitrogen and oxygen atoms in total. The van der Waals surface area contributed by atoms with Crippen molar-refractivity contribution >= 4 is 34.4 Å². The summed E-state index contributed by atoms with van der Waals surface area (Å²) in [5.74, 6) is 0.384. The van der Waals surface area contributed by atoms with Crippen LogP contribution >= 0.6 is 23.4 Å². The summed E-state index contributed by atoms with van der Waals surface area (Å²) in [4.78, 5) is 9.18. The van der Waals surface area contributed by atoms with Crippen molar-refractivity contribution in [3.63, 3.8) is 0 Å². The molecule has 0 radical (unpaired) electrons. The molecule has 152 valence electrons. The molecule has 0 saturated heterocycles. The molecular formula is C25H17ClFN3S. The van der Waals surface area contributed by atoms with Crippen molar-refractivity contribution in [2.24, 2.45) is 0 Å². The van der Waals surface area contributed by atoms with Crippen LogP contribution in [0.15, 0.2) is 96.4 Å². The van der Waals surface area contributed by atoms with Gasteiger partial charge in [-0.05, 0) is 47.5 Å². The monoisotopic (exact) mass is 445 g/mol. The average Bonchev–Trinajstić information content (AvgIpc) is 3.19. The number of nitrogens with zero attached hydrogens (tertiary/aromatic N) is 3. The van der Waals surface area contributed by atoms with Crippen molar-refractivity contribution in [3.8, 4) is 16.8 Å². The van der Waals surface area contributed by atoms with Gasteiger partial charge in [0.15, 0.2) is 0 Å². The maximum atomic E-state index is 13.6. The molecule has 5 aromatic rings. The first-order valence-corrected chi connectivity index (χ1v) is 11.1. The lowest BCUT2D eigenvalue weighted by Gasteiger charge is -2.07. The van der Waals surface area contributed by atoms with Crippen LogP contribution in [0.1, 0.15) is 5.56 Å². The summed E-state index contributed by atoms with van der Waals surface area (Å²) in [6.45, 7) is 0. The molecule has 2 heterocycles. The molecule has 0 aliphatic carbocycles. The van der Waals surface area contributed by atoms with E-state index in [1.54, 1.807) is 30.2 Å². The third-order valence-corrected chi connectivity index (χ3v) is 6.31. The highest BCUT2D eigenvalue weighted by molar-refractivity contribution is 7.98. The molecule has 2 aromatic heterocycles. The first-order valence-electron chi connectivity index (χ1n) is 9.74. The van der Waals surface area contributed by atoms with E-state index >= 15 is 0 Å². The van der Waals surface area contributed by atoms with Gasteiger partial charge in [-0.25, -0.2) is 14.4 Å². The predicted molar refractivity (Wildman–Crippen MR) is 125 cm³/mol. The van der Waals surface area contributed by atoms with Crippen LogP contribution in [0.4, 0.5) is 4.39 Å². The lowest BCUT2D eigenvalue weighted by molar-refractivity contribution is 0.626. The van der Waals surface area contributed by atoms with Crippen LogP contribution in [0.3, 0.4) is 0 Å². The number of fused-ring (bicyclic) bond motifs is 1. The van der Waals surface area contributed by atoms with Crippen LogP contribution in [0.25, 0.3) is 27.8 Å². The first kappa shape index (κ1) is 19.8. The standard InChI is InChI=1S/C25H17ClFN3S/c26-19-9-11-21(12-10-19)30-14-22(18-6-2-1-3-7-18)23-24(30)28-16-29-25(23)31-15-17-5-4-8-20(27)13-17/h1-14,16H,15H2. The number of thioether (sulfide) groups is 1. The number of benzene rings is 3. The third-order valence-electron chi connectivity index (χ3n) is 5.00. The molecule has 0 amide bonds. The molecule has 0 spiro atoms. The van der Waals surface area contributed by atoms with E-state index in [1.165, 1.54) is 6.07 Å². The molecule has 0 aliphatic heterocycles. The normalized spacial score (nSPS) is 11.2. The van der Waals surface area contributed by atoms with E-state index in [9.17, 15) is 4.39 Å². The maximum absolute atomic E-state index is 13.6. The lowest BCUT2D eigenvalue weighted by atomic mass is 10.1. The number of halogens is 2. The third kappa shape index (κ3) is 4.07. The Labute approximate surface area is 188 Å². The highest BCUT2D eigenvalue weighted by atomic mass is 35.5. The molecule has 0 atom stereocenters. The molecule has 3 aromatic carbocycles. The van der Waals surface area contributed by atoms with Gasteiger partial charge in [0, 0.05) is 28.2 Å². The van der Waals surface area contributed by atoms with E-state index in [4.69, 9.17) is 11.6 Å². The quantitative estimate of drug-likeness (QED) is 0.212. The molecule has 0 N–H and O–H groups in total. The van der Waals surface area contributed by atoms with Crippen LogP contribution < -0.4 is 0 Å². The molecule has 0 fully saturated rings. The van der Waals surface area contributed by atoms with Gasteiger partial charge in [0.1, 0.15) is 22.8 Å². The fourth-order valence-corrected chi connectivity index (χ4v) is 4.63. The van der Waals surface area contributed by atoms with Gasteiger partial charge in [-0.15, -0.1) is 11.8 Å². The summed E-state index contributed by atoms with van der Waals surface area (Å²) in [6, 6.07) is 24.5. The minimum Gasteiger partial charge on any atom is -0.301 e. The Morgan fingerprint density at radius 3 is 2.48 bits per heavy atom. The van der Waals surface area contributed by atoms with Gasteiger partial charge in [-0.3, -0.25) is 0 Å².